The van der Waals surface area contributed by atoms with Crippen molar-refractivity contribution in [2.45, 2.75) is 12.5 Å². The molecule has 0 bridgehead atoms. The number of carbonyl (C=O) groups excluding carboxylic acids is 1. The number of hydrogen-bond acceptors (Lipinski definition) is 4. The Morgan fingerprint density at radius 3 is 3.11 bits per heavy atom. The lowest BCUT2D eigenvalue weighted by Gasteiger charge is -2.25. The number of anilines is 1. The predicted molar refractivity (Wildman–Crippen MR) is 73.3 cm³/mol. The van der Waals surface area contributed by atoms with Crippen LogP contribution in [-0.2, 0) is 4.79 Å². The van der Waals surface area contributed by atoms with Crippen LogP contribution >= 0.6 is 0 Å². The molecule has 1 aromatic rings. The molecule has 0 aromatic heterocycles. The van der Waals surface area contributed by atoms with Crippen LogP contribution in [0, 0.1) is 5.92 Å². The molecule has 1 saturated heterocycles. The first-order valence-corrected chi connectivity index (χ1v) is 6.72. The summed E-state index contributed by atoms with van der Waals surface area (Å²) >= 11 is 0. The third-order valence-electron chi connectivity index (χ3n) is 3.88. The van der Waals surface area contributed by atoms with E-state index in [1.807, 2.05) is 19.2 Å². The van der Waals surface area contributed by atoms with E-state index >= 15 is 0 Å². The van der Waals surface area contributed by atoms with E-state index < -0.39 is 0 Å². The minimum atomic E-state index is -0.0896. The molecule has 2 heterocycles. The lowest BCUT2D eigenvalue weighted by atomic mass is 9.92. The van der Waals surface area contributed by atoms with Crippen LogP contribution in [0.4, 0.5) is 5.69 Å². The summed E-state index contributed by atoms with van der Waals surface area (Å²) in [5.74, 6) is 1.25. The van der Waals surface area contributed by atoms with Crippen molar-refractivity contribution < 1.29 is 9.53 Å². The highest BCUT2D eigenvalue weighted by Gasteiger charge is 2.26. The van der Waals surface area contributed by atoms with Gasteiger partial charge in [0.25, 0.3) is 5.91 Å². The van der Waals surface area contributed by atoms with E-state index in [9.17, 15) is 4.79 Å². The van der Waals surface area contributed by atoms with Gasteiger partial charge in [-0.15, -0.1) is 0 Å². The molecule has 0 radical (unpaired) electrons. The van der Waals surface area contributed by atoms with Crippen LogP contribution < -0.4 is 20.7 Å². The van der Waals surface area contributed by atoms with Gasteiger partial charge >= 0.3 is 0 Å². The molecule has 19 heavy (non-hydrogen) atoms. The highest BCUT2D eigenvalue weighted by atomic mass is 16.5. The average Bonchev–Trinajstić information content (AvgIpc) is 2.93. The number of nitrogens with one attached hydrogen (secondary N) is 3. The molecular weight excluding hydrogens is 242 g/mol. The molecule has 102 valence electrons. The molecule has 3 rings (SSSR count). The highest BCUT2D eigenvalue weighted by molar-refractivity contribution is 5.95. The largest absolute Gasteiger partial charge is 0.482 e. The normalized spacial score (nSPS) is 23.4. The Hall–Kier alpha value is -1.59. The summed E-state index contributed by atoms with van der Waals surface area (Å²) < 4.78 is 5.38. The topological polar surface area (TPSA) is 62.4 Å². The third-order valence-corrected chi connectivity index (χ3v) is 3.88. The van der Waals surface area contributed by atoms with E-state index in [1.54, 1.807) is 0 Å². The molecule has 0 spiro atoms. The van der Waals surface area contributed by atoms with E-state index in [-0.39, 0.29) is 12.5 Å². The molecule has 1 fully saturated rings. The van der Waals surface area contributed by atoms with Crippen LogP contribution in [0.5, 0.6) is 5.75 Å². The fourth-order valence-corrected chi connectivity index (χ4v) is 2.93. The molecule has 2 aliphatic heterocycles. The van der Waals surface area contributed by atoms with Gasteiger partial charge < -0.3 is 20.7 Å². The fourth-order valence-electron chi connectivity index (χ4n) is 2.93. The Bertz CT molecular complexity index is 484. The Balaban J connectivity index is 1.87. The first kappa shape index (κ1) is 12.4. The fraction of sp³-hybridized carbons (Fsp3) is 0.500. The minimum Gasteiger partial charge on any atom is -0.482 e. The Labute approximate surface area is 112 Å². The first-order chi connectivity index (χ1) is 9.28. The second-order valence-corrected chi connectivity index (χ2v) is 5.11. The van der Waals surface area contributed by atoms with Crippen LogP contribution in [0.15, 0.2) is 18.2 Å². The van der Waals surface area contributed by atoms with Crippen molar-refractivity contribution in [3.05, 3.63) is 23.8 Å². The summed E-state index contributed by atoms with van der Waals surface area (Å²) in [5, 5.41) is 9.64. The maximum Gasteiger partial charge on any atom is 0.262 e. The minimum absolute atomic E-state index is 0.0896. The van der Waals surface area contributed by atoms with Gasteiger partial charge in [-0.1, -0.05) is 6.07 Å². The van der Waals surface area contributed by atoms with Gasteiger partial charge in [-0.2, -0.15) is 0 Å². The maximum absolute atomic E-state index is 11.4. The molecule has 1 aromatic carbocycles. The summed E-state index contributed by atoms with van der Waals surface area (Å²) in [6, 6.07) is 6.34. The van der Waals surface area contributed by atoms with Crippen LogP contribution in [-0.4, -0.2) is 32.7 Å². The average molecular weight is 261 g/mol. The molecule has 2 atom stereocenters. The third kappa shape index (κ3) is 2.43. The van der Waals surface area contributed by atoms with Crippen LogP contribution in [0.25, 0.3) is 0 Å². The van der Waals surface area contributed by atoms with Gasteiger partial charge in [-0.3, -0.25) is 4.79 Å². The van der Waals surface area contributed by atoms with Crippen molar-refractivity contribution in [1.29, 1.82) is 0 Å². The van der Waals surface area contributed by atoms with Gasteiger partial charge in [0.05, 0.1) is 5.69 Å². The van der Waals surface area contributed by atoms with E-state index in [1.165, 1.54) is 12.0 Å². The second-order valence-electron chi connectivity index (χ2n) is 5.11. The summed E-state index contributed by atoms with van der Waals surface area (Å²) in [4.78, 5) is 11.4. The monoisotopic (exact) mass is 261 g/mol. The van der Waals surface area contributed by atoms with E-state index in [0.717, 1.165) is 24.5 Å². The summed E-state index contributed by atoms with van der Waals surface area (Å²) in [6.45, 7) is 2.22. The zero-order valence-corrected chi connectivity index (χ0v) is 11.0. The van der Waals surface area contributed by atoms with Crippen molar-refractivity contribution in [1.82, 2.24) is 10.6 Å². The van der Waals surface area contributed by atoms with Crippen LogP contribution in [0.2, 0.25) is 0 Å². The molecule has 3 N–H and O–H groups in total. The molecule has 2 aliphatic rings. The van der Waals surface area contributed by atoms with Crippen molar-refractivity contribution >= 4 is 11.6 Å². The second kappa shape index (κ2) is 5.19. The van der Waals surface area contributed by atoms with Gasteiger partial charge in [0.2, 0.25) is 0 Å². The lowest BCUT2D eigenvalue weighted by molar-refractivity contribution is -0.118. The molecule has 1 amide bonds. The van der Waals surface area contributed by atoms with Gasteiger partial charge in [-0.25, -0.2) is 0 Å². The number of ether oxygens (including phenoxy) is 1. The first-order valence-electron chi connectivity index (χ1n) is 6.72. The highest BCUT2D eigenvalue weighted by Crippen LogP contribution is 2.33. The molecular formula is C14H19N3O2. The Morgan fingerprint density at radius 1 is 1.47 bits per heavy atom. The Morgan fingerprint density at radius 2 is 2.37 bits per heavy atom. The number of carbonyl (C=O) groups is 1. The number of amides is 1. The maximum atomic E-state index is 11.4. The lowest BCUT2D eigenvalue weighted by Crippen LogP contribution is -2.28. The van der Waals surface area contributed by atoms with Crippen LogP contribution in [0.3, 0.4) is 0 Å². The van der Waals surface area contributed by atoms with Crippen LogP contribution in [0.1, 0.15) is 18.0 Å². The molecule has 0 aliphatic carbocycles. The standard InChI is InChI=1S/C14H19N3O2/c1-15-14(10-4-5-16-7-10)9-2-3-12-11(6-9)17-13(18)8-19-12/h2-3,6,10,14-16H,4-5,7-8H2,1H3,(H,17,18). The summed E-state index contributed by atoms with van der Waals surface area (Å²) in [7, 11) is 1.98. The zero-order chi connectivity index (χ0) is 13.2. The molecule has 5 nitrogen and oxygen atoms in total. The van der Waals surface area contributed by atoms with Crippen molar-refractivity contribution in [3.63, 3.8) is 0 Å². The number of hydrogen-bond donors (Lipinski definition) is 3. The van der Waals surface area contributed by atoms with Gasteiger partial charge in [-0.05, 0) is 50.2 Å². The van der Waals surface area contributed by atoms with Gasteiger partial charge in [0.1, 0.15) is 5.75 Å². The van der Waals surface area contributed by atoms with Gasteiger partial charge in [0, 0.05) is 6.04 Å². The van der Waals surface area contributed by atoms with Gasteiger partial charge in [0.15, 0.2) is 6.61 Å². The molecule has 0 saturated carbocycles. The zero-order valence-electron chi connectivity index (χ0n) is 11.0. The quantitative estimate of drug-likeness (QED) is 0.756. The summed E-state index contributed by atoms with van der Waals surface area (Å²) in [5.41, 5.74) is 1.97. The molecule has 5 heteroatoms. The Kier molecular flexibility index (Phi) is 3.40. The number of benzene rings is 1. The number of fused-ring (bicyclic) bond motifs is 1. The van der Waals surface area contributed by atoms with Crippen molar-refractivity contribution in [2.24, 2.45) is 5.92 Å². The van der Waals surface area contributed by atoms with Crippen molar-refractivity contribution in [3.8, 4) is 5.75 Å². The van der Waals surface area contributed by atoms with E-state index in [4.69, 9.17) is 4.74 Å². The number of rotatable bonds is 3. The molecule has 2 unspecified atom stereocenters. The SMILES string of the molecule is CNC(c1ccc2c(c1)NC(=O)CO2)C1CCNC1. The van der Waals surface area contributed by atoms with Crippen molar-refractivity contribution in [2.75, 3.05) is 32.1 Å². The van der Waals surface area contributed by atoms with E-state index in [0.29, 0.717) is 12.0 Å². The summed E-state index contributed by atoms with van der Waals surface area (Å²) in [6.07, 6.45) is 1.17. The van der Waals surface area contributed by atoms with E-state index in [2.05, 4.69) is 22.0 Å². The smallest absolute Gasteiger partial charge is 0.262 e. The predicted octanol–water partition coefficient (Wildman–Crippen LogP) is 0.887.